The summed E-state index contributed by atoms with van der Waals surface area (Å²) < 4.78 is 21.6. The van der Waals surface area contributed by atoms with E-state index in [1.807, 2.05) is 30.3 Å². The van der Waals surface area contributed by atoms with Gasteiger partial charge in [-0.15, -0.1) is 0 Å². The van der Waals surface area contributed by atoms with Crippen LogP contribution in [0, 0.1) is 0 Å². The van der Waals surface area contributed by atoms with E-state index in [0.29, 0.717) is 35.6 Å². The number of ether oxygens (including phenoxy) is 3. The van der Waals surface area contributed by atoms with Crippen LogP contribution in [0.15, 0.2) is 59.6 Å². The molecule has 6 nitrogen and oxygen atoms in total. The first-order chi connectivity index (χ1) is 12.3. The number of nitrogens with zero attached hydrogens (tertiary/aromatic N) is 2. The van der Waals surface area contributed by atoms with Crippen molar-refractivity contribution in [1.29, 1.82) is 0 Å². The van der Waals surface area contributed by atoms with Crippen LogP contribution in [0.3, 0.4) is 0 Å². The number of hydrogen-bond acceptors (Lipinski definition) is 6. The largest absolute Gasteiger partial charge is 0.496 e. The molecule has 0 atom stereocenters. The molecule has 0 unspecified atom stereocenters. The van der Waals surface area contributed by atoms with Crippen molar-refractivity contribution < 1.29 is 18.7 Å². The second-order valence-corrected chi connectivity index (χ2v) is 5.09. The molecule has 0 aliphatic carbocycles. The van der Waals surface area contributed by atoms with E-state index < -0.39 is 0 Å². The van der Waals surface area contributed by atoms with Crippen LogP contribution in [0.25, 0.3) is 22.8 Å². The molecule has 0 amide bonds. The molecule has 0 aliphatic rings. The maximum atomic E-state index is 5.55. The first-order valence-electron chi connectivity index (χ1n) is 7.66. The maximum Gasteiger partial charge on any atom is 0.262 e. The summed E-state index contributed by atoms with van der Waals surface area (Å²) in [5, 5.41) is 4.05. The predicted molar refractivity (Wildman–Crippen MR) is 94.0 cm³/mol. The van der Waals surface area contributed by atoms with Gasteiger partial charge in [-0.2, -0.15) is 4.98 Å². The molecule has 0 aliphatic heterocycles. The lowest BCUT2D eigenvalue weighted by atomic mass is 10.2. The first-order valence-corrected chi connectivity index (χ1v) is 7.66. The Balaban J connectivity index is 1.93. The van der Waals surface area contributed by atoms with Gasteiger partial charge in [0.1, 0.15) is 12.4 Å². The predicted octanol–water partition coefficient (Wildman–Crippen LogP) is 3.99. The fourth-order valence-electron chi connectivity index (χ4n) is 2.35. The zero-order valence-electron chi connectivity index (χ0n) is 14.1. The van der Waals surface area contributed by atoms with Crippen molar-refractivity contribution in [3.8, 4) is 40.1 Å². The van der Waals surface area contributed by atoms with Gasteiger partial charge >= 0.3 is 0 Å². The van der Waals surface area contributed by atoms with Crippen LogP contribution in [0.1, 0.15) is 0 Å². The fraction of sp³-hybridized carbons (Fsp3) is 0.158. The highest BCUT2D eigenvalue weighted by atomic mass is 16.5. The lowest BCUT2D eigenvalue weighted by molar-refractivity contribution is 0.326. The van der Waals surface area contributed by atoms with Gasteiger partial charge in [-0.3, -0.25) is 0 Å². The molecule has 0 saturated carbocycles. The van der Waals surface area contributed by atoms with Crippen LogP contribution in [0.4, 0.5) is 0 Å². The second-order valence-electron chi connectivity index (χ2n) is 5.09. The third-order valence-electron chi connectivity index (χ3n) is 3.54. The SMILES string of the molecule is C=CCOc1ccc(-c2noc(-c3ccccc3OC)n2)cc1OC. The van der Waals surface area contributed by atoms with Crippen molar-refractivity contribution in [3.05, 3.63) is 55.1 Å². The van der Waals surface area contributed by atoms with Crippen molar-refractivity contribution >= 4 is 0 Å². The van der Waals surface area contributed by atoms with Crippen LogP contribution in [0.5, 0.6) is 17.2 Å². The molecule has 0 spiro atoms. The van der Waals surface area contributed by atoms with Crippen molar-refractivity contribution in [2.45, 2.75) is 0 Å². The van der Waals surface area contributed by atoms with Crippen LogP contribution >= 0.6 is 0 Å². The maximum absolute atomic E-state index is 5.55. The Hall–Kier alpha value is -3.28. The second kappa shape index (κ2) is 7.53. The van der Waals surface area contributed by atoms with E-state index in [-0.39, 0.29) is 0 Å². The number of methoxy groups -OCH3 is 2. The van der Waals surface area contributed by atoms with Gasteiger partial charge in [0.05, 0.1) is 19.8 Å². The molecule has 0 bridgehead atoms. The van der Waals surface area contributed by atoms with Gasteiger partial charge < -0.3 is 18.7 Å². The molecule has 0 fully saturated rings. The lowest BCUT2D eigenvalue weighted by Crippen LogP contribution is -1.96. The summed E-state index contributed by atoms with van der Waals surface area (Å²) in [6, 6.07) is 12.9. The topological polar surface area (TPSA) is 66.6 Å². The van der Waals surface area contributed by atoms with E-state index in [2.05, 4.69) is 16.7 Å². The molecule has 1 heterocycles. The summed E-state index contributed by atoms with van der Waals surface area (Å²) in [6.07, 6.45) is 1.67. The Labute approximate surface area is 145 Å². The fourth-order valence-corrected chi connectivity index (χ4v) is 2.35. The van der Waals surface area contributed by atoms with Crippen LogP contribution in [0.2, 0.25) is 0 Å². The third-order valence-corrected chi connectivity index (χ3v) is 3.54. The van der Waals surface area contributed by atoms with E-state index in [0.717, 1.165) is 11.1 Å². The summed E-state index contributed by atoms with van der Waals surface area (Å²) in [5.41, 5.74) is 1.49. The number of para-hydroxylation sites is 1. The molecule has 0 radical (unpaired) electrons. The zero-order valence-corrected chi connectivity index (χ0v) is 14.1. The monoisotopic (exact) mass is 338 g/mol. The highest BCUT2D eigenvalue weighted by Crippen LogP contribution is 2.33. The quantitative estimate of drug-likeness (QED) is 0.607. The summed E-state index contributed by atoms with van der Waals surface area (Å²) >= 11 is 0. The Morgan fingerprint density at radius 3 is 2.60 bits per heavy atom. The summed E-state index contributed by atoms with van der Waals surface area (Å²) in [7, 11) is 3.18. The molecular weight excluding hydrogens is 320 g/mol. The van der Waals surface area contributed by atoms with Crippen LogP contribution in [-0.2, 0) is 0 Å². The highest BCUT2D eigenvalue weighted by Gasteiger charge is 2.16. The van der Waals surface area contributed by atoms with Gasteiger partial charge in [-0.25, -0.2) is 0 Å². The standard InChI is InChI=1S/C19H18N2O4/c1-4-11-24-16-10-9-13(12-17(16)23-3)18-20-19(25-21-18)14-7-5-6-8-15(14)22-2/h4-10,12H,1,11H2,2-3H3. The number of hydrogen-bond donors (Lipinski definition) is 0. The van der Waals surface area contributed by atoms with Crippen molar-refractivity contribution in [2.24, 2.45) is 0 Å². The van der Waals surface area contributed by atoms with E-state index in [1.165, 1.54) is 0 Å². The zero-order chi connectivity index (χ0) is 17.6. The summed E-state index contributed by atoms with van der Waals surface area (Å²) in [5.74, 6) is 2.72. The Kier molecular flexibility index (Phi) is 4.99. The molecule has 2 aromatic carbocycles. The van der Waals surface area contributed by atoms with Gasteiger partial charge in [0.15, 0.2) is 11.5 Å². The molecule has 0 saturated heterocycles. The molecule has 6 heteroatoms. The minimum atomic E-state index is 0.387. The van der Waals surface area contributed by atoms with Gasteiger partial charge in [-0.05, 0) is 30.3 Å². The molecule has 3 rings (SSSR count). The molecular formula is C19H18N2O4. The summed E-state index contributed by atoms with van der Waals surface area (Å²) in [4.78, 5) is 4.46. The number of rotatable bonds is 7. The van der Waals surface area contributed by atoms with Crippen molar-refractivity contribution in [1.82, 2.24) is 10.1 Å². The van der Waals surface area contributed by atoms with Gasteiger partial charge in [0.2, 0.25) is 5.82 Å². The Bertz CT molecular complexity index is 873. The van der Waals surface area contributed by atoms with Crippen molar-refractivity contribution in [2.75, 3.05) is 20.8 Å². The van der Waals surface area contributed by atoms with Gasteiger partial charge in [-0.1, -0.05) is 29.9 Å². The number of benzene rings is 2. The Morgan fingerprint density at radius 2 is 1.84 bits per heavy atom. The molecule has 128 valence electrons. The van der Waals surface area contributed by atoms with E-state index >= 15 is 0 Å². The average molecular weight is 338 g/mol. The Morgan fingerprint density at radius 1 is 1.04 bits per heavy atom. The van der Waals surface area contributed by atoms with Crippen molar-refractivity contribution in [3.63, 3.8) is 0 Å². The summed E-state index contributed by atoms with van der Waals surface area (Å²) in [6.45, 7) is 4.03. The van der Waals surface area contributed by atoms with E-state index in [9.17, 15) is 0 Å². The normalized spacial score (nSPS) is 10.3. The molecule has 0 N–H and O–H groups in total. The first kappa shape index (κ1) is 16.6. The molecule has 25 heavy (non-hydrogen) atoms. The third kappa shape index (κ3) is 3.47. The average Bonchev–Trinajstić information content (AvgIpc) is 3.16. The van der Waals surface area contributed by atoms with Gasteiger partial charge in [0, 0.05) is 5.56 Å². The molecule has 3 aromatic rings. The van der Waals surface area contributed by atoms with E-state index in [1.54, 1.807) is 32.4 Å². The molecule has 1 aromatic heterocycles. The van der Waals surface area contributed by atoms with Gasteiger partial charge in [0.25, 0.3) is 5.89 Å². The van der Waals surface area contributed by atoms with E-state index in [4.69, 9.17) is 18.7 Å². The lowest BCUT2D eigenvalue weighted by Gasteiger charge is -2.09. The minimum absolute atomic E-state index is 0.387. The highest BCUT2D eigenvalue weighted by molar-refractivity contribution is 5.66. The smallest absolute Gasteiger partial charge is 0.262 e. The van der Waals surface area contributed by atoms with Crippen LogP contribution < -0.4 is 14.2 Å². The minimum Gasteiger partial charge on any atom is -0.496 e. The van der Waals surface area contributed by atoms with Crippen LogP contribution in [-0.4, -0.2) is 31.0 Å². The number of aromatic nitrogens is 2.